The number of hydrogen-bond acceptors (Lipinski definition) is 5. The van der Waals surface area contributed by atoms with Gasteiger partial charge >= 0.3 is 5.97 Å². The number of rotatable bonds is 14. The minimum absolute atomic E-state index is 0.0533. The number of carbonyl (C=O) groups excluding carboxylic acids is 3. The van der Waals surface area contributed by atoms with Crippen LogP contribution in [0.3, 0.4) is 0 Å². The van der Waals surface area contributed by atoms with Crippen molar-refractivity contribution in [3.05, 3.63) is 71.0 Å². The van der Waals surface area contributed by atoms with Crippen LogP contribution in [0.1, 0.15) is 88.5 Å². The topological polar surface area (TPSA) is 93.7 Å². The molecule has 0 saturated carbocycles. The summed E-state index contributed by atoms with van der Waals surface area (Å²) in [4.78, 5) is 37.7. The summed E-state index contributed by atoms with van der Waals surface area (Å²) in [5.41, 5.74) is 1.12. The van der Waals surface area contributed by atoms with Crippen LogP contribution < -0.4 is 10.6 Å². The number of amides is 2. The summed E-state index contributed by atoms with van der Waals surface area (Å²) in [7, 11) is -2.00. The Morgan fingerprint density at radius 3 is 2.29 bits per heavy atom. The van der Waals surface area contributed by atoms with E-state index in [0.717, 1.165) is 10.6 Å². The molecule has 0 aromatic heterocycles. The predicted molar refractivity (Wildman–Crippen MR) is 189 cm³/mol. The van der Waals surface area contributed by atoms with Crippen LogP contribution in [0, 0.1) is 11.3 Å². The van der Waals surface area contributed by atoms with Gasteiger partial charge in [0.15, 0.2) is 8.32 Å². The molecule has 0 aliphatic carbocycles. The molecule has 252 valence electrons. The van der Waals surface area contributed by atoms with Gasteiger partial charge in [0.05, 0.1) is 6.10 Å². The molecule has 1 aliphatic heterocycles. The summed E-state index contributed by atoms with van der Waals surface area (Å²) in [5, 5.41) is 6.48. The van der Waals surface area contributed by atoms with Crippen molar-refractivity contribution in [3.63, 3.8) is 0 Å². The molecule has 4 atom stereocenters. The molecule has 0 aromatic carbocycles. The van der Waals surface area contributed by atoms with Crippen LogP contribution in [-0.2, 0) is 23.5 Å². The van der Waals surface area contributed by atoms with E-state index in [1.54, 1.807) is 25.3 Å². The zero-order chi connectivity index (χ0) is 34.6. The van der Waals surface area contributed by atoms with Crippen LogP contribution in [0.2, 0.25) is 18.1 Å². The number of cyclic esters (lactones) is 1. The van der Waals surface area contributed by atoms with Gasteiger partial charge in [-0.15, -0.1) is 0 Å². The van der Waals surface area contributed by atoms with Crippen molar-refractivity contribution in [1.29, 1.82) is 0 Å². The van der Waals surface area contributed by atoms with E-state index in [1.807, 2.05) is 71.9 Å². The lowest BCUT2D eigenvalue weighted by atomic mass is 9.86. The zero-order valence-corrected chi connectivity index (χ0v) is 31.3. The van der Waals surface area contributed by atoms with Crippen molar-refractivity contribution in [2.75, 3.05) is 0 Å². The number of carbonyl (C=O) groups is 3. The minimum Gasteiger partial charge on any atom is -0.458 e. The fourth-order valence-corrected chi connectivity index (χ4v) is 5.76. The highest BCUT2D eigenvalue weighted by Gasteiger charge is 2.39. The van der Waals surface area contributed by atoms with Gasteiger partial charge in [0.25, 0.3) is 0 Å². The van der Waals surface area contributed by atoms with Crippen LogP contribution in [0.5, 0.6) is 0 Å². The van der Waals surface area contributed by atoms with Crippen molar-refractivity contribution >= 4 is 37.7 Å². The second-order valence-electron chi connectivity index (χ2n) is 14.5. The first kappa shape index (κ1) is 40.3. The molecule has 0 bridgehead atoms. The van der Waals surface area contributed by atoms with E-state index in [2.05, 4.69) is 44.5 Å². The average Bonchev–Trinajstić information content (AvgIpc) is 2.90. The van der Waals surface area contributed by atoms with Crippen molar-refractivity contribution < 1.29 is 23.5 Å². The van der Waals surface area contributed by atoms with Gasteiger partial charge in [-0.2, -0.15) is 0 Å². The Labute approximate surface area is 278 Å². The largest absolute Gasteiger partial charge is 0.458 e. The fraction of sp³-hybridized carbons (Fsp3) is 0.583. The van der Waals surface area contributed by atoms with Gasteiger partial charge in [-0.05, 0) is 63.4 Å². The maximum atomic E-state index is 13.1. The third-order valence-electron chi connectivity index (χ3n) is 8.15. The summed E-state index contributed by atoms with van der Waals surface area (Å²) >= 11 is 6.09. The Bertz CT molecular complexity index is 1210. The summed E-state index contributed by atoms with van der Waals surface area (Å²) in [6, 6.07) is -0.747. The zero-order valence-electron chi connectivity index (χ0n) is 29.5. The molecule has 45 heavy (non-hydrogen) atoms. The van der Waals surface area contributed by atoms with Crippen molar-refractivity contribution in [3.8, 4) is 0 Å². The van der Waals surface area contributed by atoms with Gasteiger partial charge in [0.2, 0.25) is 11.8 Å². The molecular weight excluding hydrogens is 604 g/mol. The molecule has 0 unspecified atom stereocenters. The number of allylic oxidation sites excluding steroid dienone is 5. The first-order valence-electron chi connectivity index (χ1n) is 15.8. The van der Waals surface area contributed by atoms with Crippen LogP contribution in [0.25, 0.3) is 0 Å². The Hall–Kier alpha value is -2.68. The highest BCUT2D eigenvalue weighted by Crippen LogP contribution is 2.38. The minimum atomic E-state index is -2.00. The summed E-state index contributed by atoms with van der Waals surface area (Å²) < 4.78 is 12.1. The summed E-state index contributed by atoms with van der Waals surface area (Å²) in [5.74, 6) is -0.873. The van der Waals surface area contributed by atoms with Crippen molar-refractivity contribution in [2.24, 2.45) is 11.3 Å². The van der Waals surface area contributed by atoms with Gasteiger partial charge < -0.3 is 19.8 Å². The molecular formula is C36H57ClN2O5Si. The molecule has 1 heterocycles. The lowest BCUT2D eigenvalue weighted by Gasteiger charge is -2.39. The summed E-state index contributed by atoms with van der Waals surface area (Å²) in [6.45, 7) is 24.4. The van der Waals surface area contributed by atoms with E-state index in [1.165, 1.54) is 6.08 Å². The van der Waals surface area contributed by atoms with Crippen LogP contribution in [0.15, 0.2) is 71.0 Å². The van der Waals surface area contributed by atoms with Crippen molar-refractivity contribution in [2.45, 2.75) is 125 Å². The average molecular weight is 661 g/mol. The van der Waals surface area contributed by atoms with E-state index in [0.29, 0.717) is 24.8 Å². The normalized spacial score (nSPS) is 19.4. The summed E-state index contributed by atoms with van der Waals surface area (Å²) in [6.07, 6.45) is 17.9. The molecule has 0 saturated heterocycles. The van der Waals surface area contributed by atoms with Gasteiger partial charge in [0.1, 0.15) is 12.1 Å². The lowest BCUT2D eigenvalue weighted by Crippen LogP contribution is -2.52. The Kier molecular flexibility index (Phi) is 16.0. The van der Waals surface area contributed by atoms with E-state index in [4.69, 9.17) is 20.8 Å². The van der Waals surface area contributed by atoms with Crippen molar-refractivity contribution in [1.82, 2.24) is 10.6 Å². The number of hydrogen-bond donors (Lipinski definition) is 2. The van der Waals surface area contributed by atoms with E-state index >= 15 is 0 Å². The maximum Gasteiger partial charge on any atom is 0.333 e. The van der Waals surface area contributed by atoms with Crippen LogP contribution in [-0.4, -0.2) is 44.4 Å². The van der Waals surface area contributed by atoms with Gasteiger partial charge in [-0.25, -0.2) is 4.79 Å². The third kappa shape index (κ3) is 15.0. The smallest absolute Gasteiger partial charge is 0.333 e. The first-order valence-corrected chi connectivity index (χ1v) is 19.1. The highest BCUT2D eigenvalue weighted by molar-refractivity contribution is 6.74. The Balaban J connectivity index is 2.79. The highest BCUT2D eigenvalue weighted by atomic mass is 35.5. The van der Waals surface area contributed by atoms with E-state index in [-0.39, 0.29) is 40.9 Å². The van der Waals surface area contributed by atoms with Gasteiger partial charge in [-0.3, -0.25) is 9.59 Å². The fourth-order valence-electron chi connectivity index (χ4n) is 4.29. The molecule has 0 aromatic rings. The monoisotopic (exact) mass is 660 g/mol. The number of nitrogens with one attached hydrogen (secondary N) is 2. The van der Waals surface area contributed by atoms with Gasteiger partial charge in [-0.1, -0.05) is 108 Å². The molecule has 0 spiro atoms. The first-order chi connectivity index (χ1) is 20.6. The molecule has 2 amide bonds. The second-order valence-corrected chi connectivity index (χ2v) is 19.9. The molecule has 2 N–H and O–H groups in total. The molecule has 0 radical (unpaired) electrons. The predicted octanol–water partition coefficient (Wildman–Crippen LogP) is 8.42. The molecule has 1 rings (SSSR count). The molecule has 0 fully saturated rings. The SMILES string of the molecule is CC1=CC[C@@H]([C@@H](C)/C=C(C)/C=C\C=C\C(=O)N[C@H](C(=O)N/C=C\C[C@H](C/C=C(\C)Cl)O[Si](C)(C)C(C)(C)C)C(C)(C)C)OC1=O. The molecule has 9 heteroatoms. The number of ether oxygens (including phenoxy) is 1. The number of esters is 1. The maximum absolute atomic E-state index is 13.1. The second kappa shape index (κ2) is 17.9. The third-order valence-corrected chi connectivity index (χ3v) is 12.8. The van der Waals surface area contributed by atoms with Gasteiger partial charge in [0, 0.05) is 29.0 Å². The molecule has 1 aliphatic rings. The Morgan fingerprint density at radius 1 is 1.11 bits per heavy atom. The quantitative estimate of drug-likeness (QED) is 0.0844. The van der Waals surface area contributed by atoms with E-state index in [9.17, 15) is 14.4 Å². The molecule has 7 nitrogen and oxygen atoms in total. The Morgan fingerprint density at radius 2 is 1.73 bits per heavy atom. The van der Waals surface area contributed by atoms with E-state index < -0.39 is 19.8 Å². The standard InChI is InChI=1S/C36H57ClN2O5Si/c1-25(24-27(3)30-22-19-26(2)34(42)43-30)16-13-14-18-31(40)39-32(35(5,6)7)33(41)38-23-15-17-29(21-20-28(4)37)44-45(11,12)36(8,9)10/h13-16,18-20,23-24,27,29-30,32H,17,21-22H2,1-12H3,(H,38,41)(H,39,40)/b16-13-,18-14+,23-15-,25-24+,28-20+/t27-,29+,30-,32+/m0/s1. The number of halogens is 1. The van der Waals surface area contributed by atoms with Crippen LogP contribution in [0.4, 0.5) is 0 Å². The van der Waals surface area contributed by atoms with Crippen LogP contribution >= 0.6 is 11.6 Å². The lowest BCUT2D eigenvalue weighted by molar-refractivity contribution is -0.147.